The number of aliphatic imine (C=N–C) groups is 1. The summed E-state index contributed by atoms with van der Waals surface area (Å²) in [6.45, 7) is 8.12. The van der Waals surface area contributed by atoms with Crippen LogP contribution in [0.2, 0.25) is 0 Å². The molecular formula is C28H36N4O5. The van der Waals surface area contributed by atoms with Crippen LogP contribution in [0.1, 0.15) is 74.5 Å². The highest BCUT2D eigenvalue weighted by molar-refractivity contribution is 5.99. The Kier molecular flexibility index (Phi) is 7.45. The third kappa shape index (κ3) is 5.27. The van der Waals surface area contributed by atoms with Gasteiger partial charge in [0, 0.05) is 16.7 Å². The van der Waals surface area contributed by atoms with Gasteiger partial charge in [-0.25, -0.2) is 4.99 Å². The average molecular weight is 509 g/mol. The molecular weight excluding hydrogens is 472 g/mol. The summed E-state index contributed by atoms with van der Waals surface area (Å²) in [5.41, 5.74) is 6.20. The zero-order valence-corrected chi connectivity index (χ0v) is 21.9. The van der Waals surface area contributed by atoms with Crippen molar-refractivity contribution in [2.24, 2.45) is 10.7 Å². The van der Waals surface area contributed by atoms with Gasteiger partial charge in [-0.05, 0) is 51.0 Å². The fourth-order valence-corrected chi connectivity index (χ4v) is 4.93. The third-order valence-corrected chi connectivity index (χ3v) is 7.32. The normalized spacial score (nSPS) is 22.5. The third-order valence-electron chi connectivity index (χ3n) is 7.32. The summed E-state index contributed by atoms with van der Waals surface area (Å²) in [6, 6.07) is 11.7. The fraction of sp³-hybridized carbons (Fsp3) is 0.464. The lowest BCUT2D eigenvalue weighted by atomic mass is 9.87. The number of para-hydroxylation sites is 1. The van der Waals surface area contributed by atoms with E-state index in [0.717, 1.165) is 12.8 Å². The molecule has 0 spiro atoms. The van der Waals surface area contributed by atoms with Gasteiger partial charge in [0.1, 0.15) is 23.7 Å². The molecule has 37 heavy (non-hydrogen) atoms. The second-order valence-corrected chi connectivity index (χ2v) is 9.90. The summed E-state index contributed by atoms with van der Waals surface area (Å²) in [5, 5.41) is 13.9. The van der Waals surface area contributed by atoms with Gasteiger partial charge in [0.2, 0.25) is 5.91 Å². The SMILES string of the molecule is CCOc1ccc(C(=O)NC2c3ccccc3OCC2(C)O)cc1CN1C(=O)CC(CC)(CC)N=C1N. The molecule has 0 aliphatic carbocycles. The Hall–Kier alpha value is -3.59. The zero-order chi connectivity index (χ0) is 26.8. The molecule has 0 radical (unpaired) electrons. The van der Waals surface area contributed by atoms with Crippen LogP contribution in [0.3, 0.4) is 0 Å². The molecule has 4 N–H and O–H groups in total. The van der Waals surface area contributed by atoms with Crippen LogP contribution in [0, 0.1) is 0 Å². The first-order chi connectivity index (χ1) is 17.6. The Morgan fingerprint density at radius 1 is 1.24 bits per heavy atom. The van der Waals surface area contributed by atoms with Crippen LogP contribution in [0.15, 0.2) is 47.5 Å². The predicted octanol–water partition coefficient (Wildman–Crippen LogP) is 3.31. The minimum absolute atomic E-state index is 0.0518. The maximum Gasteiger partial charge on any atom is 0.251 e. The number of fused-ring (bicyclic) bond motifs is 1. The van der Waals surface area contributed by atoms with Gasteiger partial charge in [-0.2, -0.15) is 0 Å². The van der Waals surface area contributed by atoms with Gasteiger partial charge in [-0.3, -0.25) is 14.5 Å². The van der Waals surface area contributed by atoms with E-state index < -0.39 is 17.2 Å². The first kappa shape index (κ1) is 26.5. The van der Waals surface area contributed by atoms with Crippen molar-refractivity contribution >= 4 is 17.8 Å². The molecule has 0 saturated carbocycles. The smallest absolute Gasteiger partial charge is 0.251 e. The quantitative estimate of drug-likeness (QED) is 0.502. The first-order valence-electron chi connectivity index (χ1n) is 12.8. The monoisotopic (exact) mass is 508 g/mol. The van der Waals surface area contributed by atoms with Gasteiger partial charge in [0.25, 0.3) is 5.91 Å². The predicted molar refractivity (Wildman–Crippen MR) is 140 cm³/mol. The molecule has 9 nitrogen and oxygen atoms in total. The Balaban J connectivity index is 1.62. The molecule has 2 amide bonds. The molecule has 2 aromatic rings. The topological polar surface area (TPSA) is 126 Å². The van der Waals surface area contributed by atoms with Crippen LogP contribution < -0.4 is 20.5 Å². The number of carbonyl (C=O) groups excluding carboxylic acids is 2. The summed E-state index contributed by atoms with van der Waals surface area (Å²) in [4.78, 5) is 32.6. The Bertz CT molecular complexity index is 1200. The molecule has 2 heterocycles. The molecule has 2 atom stereocenters. The van der Waals surface area contributed by atoms with E-state index in [-0.39, 0.29) is 37.3 Å². The van der Waals surface area contributed by atoms with Crippen LogP contribution in [-0.4, -0.2) is 52.1 Å². The highest BCUT2D eigenvalue weighted by Crippen LogP contribution is 2.38. The number of nitrogens with two attached hydrogens (primary N) is 1. The van der Waals surface area contributed by atoms with Crippen molar-refractivity contribution in [2.45, 2.75) is 70.7 Å². The molecule has 2 unspecified atom stereocenters. The number of carbonyl (C=O) groups is 2. The Morgan fingerprint density at radius 2 is 1.97 bits per heavy atom. The number of rotatable bonds is 8. The first-order valence-corrected chi connectivity index (χ1v) is 12.8. The van der Waals surface area contributed by atoms with Crippen molar-refractivity contribution in [2.75, 3.05) is 13.2 Å². The zero-order valence-electron chi connectivity index (χ0n) is 21.9. The van der Waals surface area contributed by atoms with Crippen molar-refractivity contribution in [1.82, 2.24) is 10.2 Å². The van der Waals surface area contributed by atoms with Crippen LogP contribution >= 0.6 is 0 Å². The van der Waals surface area contributed by atoms with Crippen molar-refractivity contribution in [3.8, 4) is 11.5 Å². The van der Waals surface area contributed by atoms with Gasteiger partial charge < -0.3 is 25.6 Å². The van der Waals surface area contributed by atoms with E-state index in [9.17, 15) is 14.7 Å². The van der Waals surface area contributed by atoms with Crippen LogP contribution in [0.5, 0.6) is 11.5 Å². The van der Waals surface area contributed by atoms with E-state index in [0.29, 0.717) is 34.8 Å². The molecule has 198 valence electrons. The molecule has 4 rings (SSSR count). The maximum absolute atomic E-state index is 13.4. The van der Waals surface area contributed by atoms with Crippen molar-refractivity contribution in [3.05, 3.63) is 59.2 Å². The number of nitrogens with one attached hydrogen (secondary N) is 1. The molecule has 0 saturated heterocycles. The lowest BCUT2D eigenvalue weighted by molar-refractivity contribution is -0.130. The van der Waals surface area contributed by atoms with Crippen LogP contribution in [-0.2, 0) is 11.3 Å². The van der Waals surface area contributed by atoms with E-state index >= 15 is 0 Å². The minimum Gasteiger partial charge on any atom is -0.494 e. The molecule has 0 fully saturated rings. The van der Waals surface area contributed by atoms with Gasteiger partial charge in [0.15, 0.2) is 5.96 Å². The van der Waals surface area contributed by atoms with Gasteiger partial charge in [-0.1, -0.05) is 32.0 Å². The largest absolute Gasteiger partial charge is 0.494 e. The lowest BCUT2D eigenvalue weighted by Gasteiger charge is -2.38. The summed E-state index contributed by atoms with van der Waals surface area (Å²) >= 11 is 0. The summed E-state index contributed by atoms with van der Waals surface area (Å²) in [5.74, 6) is 0.885. The van der Waals surface area contributed by atoms with Crippen LogP contribution in [0.4, 0.5) is 0 Å². The molecule has 9 heteroatoms. The van der Waals surface area contributed by atoms with Gasteiger partial charge >= 0.3 is 0 Å². The molecule has 2 aromatic carbocycles. The Morgan fingerprint density at radius 3 is 2.65 bits per heavy atom. The highest BCUT2D eigenvalue weighted by atomic mass is 16.5. The molecule has 2 aliphatic heterocycles. The van der Waals surface area contributed by atoms with Crippen molar-refractivity contribution < 1.29 is 24.2 Å². The highest BCUT2D eigenvalue weighted by Gasteiger charge is 2.41. The summed E-state index contributed by atoms with van der Waals surface area (Å²) in [7, 11) is 0. The van der Waals surface area contributed by atoms with Crippen molar-refractivity contribution in [3.63, 3.8) is 0 Å². The maximum atomic E-state index is 13.4. The van der Waals surface area contributed by atoms with E-state index in [1.807, 2.05) is 45.0 Å². The number of nitrogens with zero attached hydrogens (tertiary/aromatic N) is 2. The average Bonchev–Trinajstić information content (AvgIpc) is 2.88. The minimum atomic E-state index is -1.30. The van der Waals surface area contributed by atoms with Gasteiger partial charge in [-0.15, -0.1) is 0 Å². The molecule has 2 aliphatic rings. The van der Waals surface area contributed by atoms with Crippen LogP contribution in [0.25, 0.3) is 0 Å². The molecule has 0 aromatic heterocycles. The summed E-state index contributed by atoms with van der Waals surface area (Å²) in [6.07, 6.45) is 1.73. The fourth-order valence-electron chi connectivity index (χ4n) is 4.93. The molecule has 0 bridgehead atoms. The van der Waals surface area contributed by atoms with E-state index in [1.165, 1.54) is 4.90 Å². The van der Waals surface area contributed by atoms with E-state index in [4.69, 9.17) is 15.2 Å². The van der Waals surface area contributed by atoms with E-state index in [2.05, 4.69) is 10.3 Å². The Labute approximate surface area is 217 Å². The second-order valence-electron chi connectivity index (χ2n) is 9.90. The number of guanidine groups is 1. The summed E-state index contributed by atoms with van der Waals surface area (Å²) < 4.78 is 11.5. The lowest BCUT2D eigenvalue weighted by Crippen LogP contribution is -2.51. The standard InChI is InChI=1S/C28H36N4O5/c1-5-28(6-2)15-23(33)32(26(29)31-28)16-19-14-18(12-13-21(19)36-7-3)25(34)30-24-20-10-8-9-11-22(20)37-17-27(24,4)35/h8-14,24,35H,5-7,15-17H2,1-4H3,(H2,29,31)(H,30,34). The van der Waals surface area contributed by atoms with Crippen molar-refractivity contribution in [1.29, 1.82) is 0 Å². The number of benzene rings is 2. The number of ether oxygens (including phenoxy) is 2. The number of hydrogen-bond acceptors (Lipinski definition) is 7. The number of hydrogen-bond donors (Lipinski definition) is 3. The number of amides is 2. The second kappa shape index (κ2) is 10.4. The van der Waals surface area contributed by atoms with E-state index in [1.54, 1.807) is 25.1 Å². The number of aliphatic hydroxyl groups is 1. The van der Waals surface area contributed by atoms with Gasteiger partial charge in [0.05, 0.1) is 31.2 Å².